The third-order valence-corrected chi connectivity index (χ3v) is 4.05. The van der Waals surface area contributed by atoms with Crippen LogP contribution in [0.4, 0.5) is 0 Å². The quantitative estimate of drug-likeness (QED) is 0.534. The van der Waals surface area contributed by atoms with Crippen molar-refractivity contribution < 1.29 is 0 Å². The van der Waals surface area contributed by atoms with Crippen LogP contribution in [0.2, 0.25) is 0 Å². The normalized spacial score (nSPS) is 10.7. The maximum atomic E-state index is 4.71. The molecule has 26 heavy (non-hydrogen) atoms. The minimum Gasteiger partial charge on any atom is -0.231 e. The van der Waals surface area contributed by atoms with Crippen molar-refractivity contribution in [2.75, 3.05) is 0 Å². The highest BCUT2D eigenvalue weighted by molar-refractivity contribution is 5.64. The van der Waals surface area contributed by atoms with E-state index in [1.54, 1.807) is 0 Å². The fourth-order valence-corrected chi connectivity index (χ4v) is 2.85. The molecule has 0 aliphatic carbocycles. The molecule has 0 bridgehead atoms. The molecule has 0 spiro atoms. The van der Waals surface area contributed by atoms with Crippen LogP contribution in [-0.4, -0.2) is 19.9 Å². The molecule has 4 aromatic rings. The Hall–Kier alpha value is -3.40. The van der Waals surface area contributed by atoms with Crippen LogP contribution < -0.4 is 0 Å². The maximum Gasteiger partial charge on any atom is 0.198 e. The molecule has 0 aliphatic rings. The summed E-state index contributed by atoms with van der Waals surface area (Å²) in [6, 6.07) is 24.1. The molecule has 0 aliphatic heterocycles. The van der Waals surface area contributed by atoms with E-state index >= 15 is 0 Å². The van der Waals surface area contributed by atoms with E-state index in [1.807, 2.05) is 86.6 Å². The topological polar surface area (TPSA) is 51.6 Å². The summed E-state index contributed by atoms with van der Waals surface area (Å²) < 4.78 is 0. The third kappa shape index (κ3) is 3.35. The van der Waals surface area contributed by atoms with Crippen LogP contribution in [0, 0.1) is 13.8 Å². The van der Waals surface area contributed by atoms with E-state index in [4.69, 9.17) is 9.97 Å². The first kappa shape index (κ1) is 16.1. The van der Waals surface area contributed by atoms with Gasteiger partial charge in [0, 0.05) is 22.5 Å². The molecule has 0 fully saturated rings. The Kier molecular flexibility index (Phi) is 4.23. The van der Waals surface area contributed by atoms with Crippen LogP contribution >= 0.6 is 0 Å². The molecule has 0 N–H and O–H groups in total. The second kappa shape index (κ2) is 6.84. The highest BCUT2D eigenvalue weighted by Gasteiger charge is 2.12. The molecule has 0 saturated carbocycles. The molecule has 0 unspecified atom stereocenters. The van der Waals surface area contributed by atoms with E-state index < -0.39 is 0 Å². The number of aryl methyl sites for hydroxylation is 2. The van der Waals surface area contributed by atoms with Crippen molar-refractivity contribution >= 4 is 0 Å². The van der Waals surface area contributed by atoms with Gasteiger partial charge in [0.15, 0.2) is 11.6 Å². The van der Waals surface area contributed by atoms with Gasteiger partial charge in [-0.3, -0.25) is 0 Å². The zero-order chi connectivity index (χ0) is 17.9. The molecular weight excluding hydrogens is 320 g/mol. The summed E-state index contributed by atoms with van der Waals surface area (Å²) >= 11 is 0. The third-order valence-electron chi connectivity index (χ3n) is 4.05. The lowest BCUT2D eigenvalue weighted by Gasteiger charge is -2.08. The monoisotopic (exact) mass is 338 g/mol. The SMILES string of the molecule is Cc1cc(-c2ccccc2)nc(-c2nc(C)cc(-c3ccccc3)n2)n1. The summed E-state index contributed by atoms with van der Waals surface area (Å²) in [5.41, 5.74) is 5.63. The first-order valence-corrected chi connectivity index (χ1v) is 8.51. The van der Waals surface area contributed by atoms with E-state index in [2.05, 4.69) is 9.97 Å². The van der Waals surface area contributed by atoms with Crippen LogP contribution in [-0.2, 0) is 0 Å². The summed E-state index contributed by atoms with van der Waals surface area (Å²) in [7, 11) is 0. The lowest BCUT2D eigenvalue weighted by molar-refractivity contribution is 1.03. The average molecular weight is 338 g/mol. The van der Waals surface area contributed by atoms with Crippen molar-refractivity contribution in [3.63, 3.8) is 0 Å². The van der Waals surface area contributed by atoms with E-state index in [9.17, 15) is 0 Å². The van der Waals surface area contributed by atoms with Crippen molar-refractivity contribution in [2.24, 2.45) is 0 Å². The zero-order valence-corrected chi connectivity index (χ0v) is 14.7. The summed E-state index contributed by atoms with van der Waals surface area (Å²) in [4.78, 5) is 18.6. The van der Waals surface area contributed by atoms with E-state index in [-0.39, 0.29) is 0 Å². The lowest BCUT2D eigenvalue weighted by Crippen LogP contribution is -2.01. The predicted octanol–water partition coefficient (Wildman–Crippen LogP) is 4.88. The fraction of sp³-hybridized carbons (Fsp3) is 0.0909. The minimum absolute atomic E-state index is 0.546. The first-order valence-electron chi connectivity index (χ1n) is 8.51. The van der Waals surface area contributed by atoms with Crippen molar-refractivity contribution in [2.45, 2.75) is 13.8 Å². The van der Waals surface area contributed by atoms with Crippen molar-refractivity contribution in [1.29, 1.82) is 0 Å². The van der Waals surface area contributed by atoms with Gasteiger partial charge in [0.05, 0.1) is 11.4 Å². The molecule has 2 heterocycles. The largest absolute Gasteiger partial charge is 0.231 e. The van der Waals surface area contributed by atoms with Gasteiger partial charge in [0.1, 0.15) is 0 Å². The standard InChI is InChI=1S/C22H18N4/c1-15-13-19(17-9-5-3-6-10-17)25-21(23-15)22-24-16(2)14-20(26-22)18-11-7-4-8-12-18/h3-14H,1-2H3. The molecular formula is C22H18N4. The summed E-state index contributed by atoms with van der Waals surface area (Å²) in [6.07, 6.45) is 0. The van der Waals surface area contributed by atoms with Gasteiger partial charge in [-0.1, -0.05) is 60.7 Å². The Labute approximate surface area is 152 Å². The second-order valence-electron chi connectivity index (χ2n) is 6.17. The Balaban J connectivity index is 1.83. The van der Waals surface area contributed by atoms with Gasteiger partial charge in [-0.25, -0.2) is 19.9 Å². The zero-order valence-electron chi connectivity index (χ0n) is 14.7. The molecule has 4 heteroatoms. The number of benzene rings is 2. The second-order valence-corrected chi connectivity index (χ2v) is 6.17. The van der Waals surface area contributed by atoms with Gasteiger partial charge in [-0.15, -0.1) is 0 Å². The van der Waals surface area contributed by atoms with Crippen molar-refractivity contribution in [3.05, 3.63) is 84.2 Å². The molecule has 0 atom stereocenters. The lowest BCUT2D eigenvalue weighted by atomic mass is 10.1. The van der Waals surface area contributed by atoms with Gasteiger partial charge in [-0.05, 0) is 26.0 Å². The Morgan fingerprint density at radius 3 is 1.27 bits per heavy atom. The molecule has 0 radical (unpaired) electrons. The maximum absolute atomic E-state index is 4.71. The Bertz CT molecular complexity index is 957. The number of nitrogens with zero attached hydrogens (tertiary/aromatic N) is 4. The van der Waals surface area contributed by atoms with Gasteiger partial charge in [-0.2, -0.15) is 0 Å². The highest BCUT2D eigenvalue weighted by Crippen LogP contribution is 2.23. The van der Waals surface area contributed by atoms with Crippen LogP contribution in [0.1, 0.15) is 11.4 Å². The van der Waals surface area contributed by atoms with Gasteiger partial charge >= 0.3 is 0 Å². The molecule has 2 aromatic carbocycles. The summed E-state index contributed by atoms with van der Waals surface area (Å²) in [6.45, 7) is 3.93. The predicted molar refractivity (Wildman–Crippen MR) is 103 cm³/mol. The summed E-state index contributed by atoms with van der Waals surface area (Å²) in [5.74, 6) is 1.09. The van der Waals surface area contributed by atoms with Crippen LogP contribution in [0.3, 0.4) is 0 Å². The van der Waals surface area contributed by atoms with Crippen molar-refractivity contribution in [1.82, 2.24) is 19.9 Å². The van der Waals surface area contributed by atoms with E-state index in [1.165, 1.54) is 0 Å². The van der Waals surface area contributed by atoms with Gasteiger partial charge in [0.2, 0.25) is 0 Å². The first-order chi connectivity index (χ1) is 12.7. The summed E-state index contributed by atoms with van der Waals surface area (Å²) in [5, 5.41) is 0. The molecule has 4 nitrogen and oxygen atoms in total. The number of hydrogen-bond acceptors (Lipinski definition) is 4. The van der Waals surface area contributed by atoms with Gasteiger partial charge < -0.3 is 0 Å². The number of rotatable bonds is 3. The molecule has 0 saturated heterocycles. The van der Waals surface area contributed by atoms with Crippen LogP contribution in [0.5, 0.6) is 0 Å². The molecule has 2 aromatic heterocycles. The van der Waals surface area contributed by atoms with Crippen LogP contribution in [0.15, 0.2) is 72.8 Å². The Morgan fingerprint density at radius 2 is 0.885 bits per heavy atom. The highest BCUT2D eigenvalue weighted by atomic mass is 15.0. The van der Waals surface area contributed by atoms with Crippen LogP contribution in [0.25, 0.3) is 34.2 Å². The van der Waals surface area contributed by atoms with Crippen molar-refractivity contribution in [3.8, 4) is 34.2 Å². The number of hydrogen-bond donors (Lipinski definition) is 0. The van der Waals surface area contributed by atoms with Gasteiger partial charge in [0.25, 0.3) is 0 Å². The molecule has 126 valence electrons. The minimum atomic E-state index is 0.546. The van der Waals surface area contributed by atoms with E-state index in [0.717, 1.165) is 33.9 Å². The van der Waals surface area contributed by atoms with E-state index in [0.29, 0.717) is 11.6 Å². The molecule has 4 rings (SSSR count). The molecule has 0 amide bonds. The fourth-order valence-electron chi connectivity index (χ4n) is 2.85. The number of aromatic nitrogens is 4. The average Bonchev–Trinajstić information content (AvgIpc) is 2.68. The smallest absolute Gasteiger partial charge is 0.198 e. The Morgan fingerprint density at radius 1 is 0.500 bits per heavy atom.